The van der Waals surface area contributed by atoms with Crippen LogP contribution >= 0.6 is 0 Å². The summed E-state index contributed by atoms with van der Waals surface area (Å²) < 4.78 is 1.79. The maximum absolute atomic E-state index is 12.2. The fourth-order valence-corrected chi connectivity index (χ4v) is 2.74. The number of benzene rings is 2. The number of carbonyl (C=O) groups is 1. The Morgan fingerprint density at radius 1 is 0.920 bits per heavy atom. The summed E-state index contributed by atoms with van der Waals surface area (Å²) in [5.41, 5.74) is 3.12. The zero-order valence-corrected chi connectivity index (χ0v) is 14.3. The second-order valence-corrected chi connectivity index (χ2v) is 6.11. The van der Waals surface area contributed by atoms with Crippen molar-refractivity contribution in [3.05, 3.63) is 89.7 Å². The van der Waals surface area contributed by atoms with E-state index in [0.717, 1.165) is 19.3 Å². The number of aromatic nitrogens is 2. The number of unbranched alkanes of at least 4 members (excludes halogenated alkanes) is 1. The molecule has 1 N–H and O–H groups in total. The first kappa shape index (κ1) is 17.0. The predicted octanol–water partition coefficient (Wildman–Crippen LogP) is 3.68. The van der Waals surface area contributed by atoms with E-state index in [1.807, 2.05) is 36.4 Å². The van der Waals surface area contributed by atoms with Crippen molar-refractivity contribution in [2.24, 2.45) is 0 Å². The van der Waals surface area contributed by atoms with E-state index in [2.05, 4.69) is 34.7 Å². The van der Waals surface area contributed by atoms with Gasteiger partial charge in [0, 0.05) is 12.7 Å². The van der Waals surface area contributed by atoms with Gasteiger partial charge in [-0.25, -0.2) is 0 Å². The Morgan fingerprint density at radius 3 is 2.32 bits per heavy atom. The normalized spacial score (nSPS) is 10.6. The monoisotopic (exact) mass is 333 g/mol. The van der Waals surface area contributed by atoms with Crippen LogP contribution in [-0.4, -0.2) is 22.2 Å². The van der Waals surface area contributed by atoms with Gasteiger partial charge in [0.25, 0.3) is 5.91 Å². The molecule has 0 unspecified atom stereocenters. The lowest BCUT2D eigenvalue weighted by Crippen LogP contribution is -2.24. The van der Waals surface area contributed by atoms with Crippen molar-refractivity contribution in [3.63, 3.8) is 0 Å². The van der Waals surface area contributed by atoms with Crippen molar-refractivity contribution < 1.29 is 4.79 Å². The number of hydrogen-bond donors (Lipinski definition) is 1. The zero-order chi connectivity index (χ0) is 17.3. The van der Waals surface area contributed by atoms with Crippen LogP contribution in [0.1, 0.15) is 34.3 Å². The number of amides is 1. The second kappa shape index (κ2) is 8.83. The molecule has 0 aliphatic heterocycles. The van der Waals surface area contributed by atoms with Crippen molar-refractivity contribution in [3.8, 4) is 0 Å². The van der Waals surface area contributed by atoms with Crippen molar-refractivity contribution in [2.45, 2.75) is 25.8 Å². The van der Waals surface area contributed by atoms with Gasteiger partial charge in [-0.3, -0.25) is 9.48 Å². The minimum absolute atomic E-state index is 0.0565. The molecule has 0 bridgehead atoms. The van der Waals surface area contributed by atoms with Crippen molar-refractivity contribution in [1.82, 2.24) is 15.1 Å². The molecule has 1 heterocycles. The van der Waals surface area contributed by atoms with Crippen LogP contribution in [0.4, 0.5) is 0 Å². The molecule has 0 saturated carbocycles. The van der Waals surface area contributed by atoms with E-state index in [1.165, 1.54) is 11.1 Å². The first-order chi connectivity index (χ1) is 12.3. The average Bonchev–Trinajstić information content (AvgIpc) is 3.11. The lowest BCUT2D eigenvalue weighted by Gasteiger charge is -2.04. The van der Waals surface area contributed by atoms with Crippen LogP contribution < -0.4 is 5.32 Å². The van der Waals surface area contributed by atoms with Gasteiger partial charge < -0.3 is 5.32 Å². The minimum Gasteiger partial charge on any atom is -0.352 e. The van der Waals surface area contributed by atoms with Gasteiger partial charge in [-0.1, -0.05) is 60.7 Å². The number of nitrogens with one attached hydrogen (secondary N) is 1. The fourth-order valence-electron chi connectivity index (χ4n) is 2.74. The molecule has 4 nitrogen and oxygen atoms in total. The van der Waals surface area contributed by atoms with Crippen molar-refractivity contribution in [2.75, 3.05) is 6.54 Å². The summed E-state index contributed by atoms with van der Waals surface area (Å²) in [4.78, 5) is 12.2. The van der Waals surface area contributed by atoms with E-state index in [-0.39, 0.29) is 5.91 Å². The minimum atomic E-state index is -0.0565. The molecule has 1 aromatic heterocycles. The Labute approximate surface area is 148 Å². The van der Waals surface area contributed by atoms with E-state index in [0.29, 0.717) is 18.7 Å². The molecule has 0 fully saturated rings. The number of rotatable bonds is 8. The van der Waals surface area contributed by atoms with Gasteiger partial charge in [0.1, 0.15) is 0 Å². The predicted molar refractivity (Wildman–Crippen MR) is 99.5 cm³/mol. The van der Waals surface area contributed by atoms with Gasteiger partial charge >= 0.3 is 0 Å². The summed E-state index contributed by atoms with van der Waals surface area (Å²) in [7, 11) is 0. The van der Waals surface area contributed by atoms with Crippen LogP contribution in [0.2, 0.25) is 0 Å². The smallest absolute Gasteiger partial charge is 0.254 e. The quantitative estimate of drug-likeness (QED) is 0.639. The van der Waals surface area contributed by atoms with Crippen molar-refractivity contribution in [1.29, 1.82) is 0 Å². The third kappa shape index (κ3) is 5.31. The molecule has 0 aliphatic rings. The van der Waals surface area contributed by atoms with Crippen LogP contribution in [0.25, 0.3) is 0 Å². The van der Waals surface area contributed by atoms with E-state index >= 15 is 0 Å². The van der Waals surface area contributed by atoms with Crippen LogP contribution in [0.3, 0.4) is 0 Å². The highest BCUT2D eigenvalue weighted by Gasteiger charge is 2.08. The number of carbonyl (C=O) groups excluding carboxylic acids is 1. The molecule has 0 saturated heterocycles. The van der Waals surface area contributed by atoms with Crippen LogP contribution in [0.5, 0.6) is 0 Å². The molecule has 0 spiro atoms. The van der Waals surface area contributed by atoms with Gasteiger partial charge in [0.2, 0.25) is 0 Å². The van der Waals surface area contributed by atoms with Gasteiger partial charge in [0.05, 0.1) is 18.3 Å². The van der Waals surface area contributed by atoms with Crippen LogP contribution in [0, 0.1) is 0 Å². The molecule has 1 amide bonds. The number of hydrogen-bond acceptors (Lipinski definition) is 2. The molecule has 0 atom stereocenters. The Morgan fingerprint density at radius 2 is 1.60 bits per heavy atom. The molecule has 128 valence electrons. The Balaban J connectivity index is 1.40. The molecule has 3 aromatic rings. The molecule has 0 radical (unpaired) electrons. The Hall–Kier alpha value is -2.88. The highest BCUT2D eigenvalue weighted by molar-refractivity contribution is 5.93. The fraction of sp³-hybridized carbons (Fsp3) is 0.238. The largest absolute Gasteiger partial charge is 0.352 e. The zero-order valence-electron chi connectivity index (χ0n) is 14.3. The van der Waals surface area contributed by atoms with Gasteiger partial charge in [-0.15, -0.1) is 0 Å². The topological polar surface area (TPSA) is 46.9 Å². The maximum atomic E-state index is 12.2. The highest BCUT2D eigenvalue weighted by Crippen LogP contribution is 2.05. The first-order valence-electron chi connectivity index (χ1n) is 8.70. The standard InChI is InChI=1S/C21H23N3O/c25-21(22-14-8-7-11-18-9-3-1-4-10-18)20-15-23-24(17-20)16-19-12-5-2-6-13-19/h1-6,9-10,12-13,15,17H,7-8,11,14,16H2,(H,22,25). The average molecular weight is 333 g/mol. The molecule has 2 aromatic carbocycles. The Bertz CT molecular complexity index is 781. The van der Waals surface area contributed by atoms with Gasteiger partial charge in [0.15, 0.2) is 0 Å². The van der Waals surface area contributed by atoms with E-state index in [1.54, 1.807) is 17.1 Å². The first-order valence-corrected chi connectivity index (χ1v) is 8.70. The summed E-state index contributed by atoms with van der Waals surface area (Å²) in [5, 5.41) is 7.24. The molecule has 0 aliphatic carbocycles. The maximum Gasteiger partial charge on any atom is 0.254 e. The summed E-state index contributed by atoms with van der Waals surface area (Å²) >= 11 is 0. The van der Waals surface area contributed by atoms with Gasteiger partial charge in [-0.2, -0.15) is 5.10 Å². The lowest BCUT2D eigenvalue weighted by molar-refractivity contribution is 0.0953. The summed E-state index contributed by atoms with van der Waals surface area (Å²) in [6.45, 7) is 1.36. The van der Waals surface area contributed by atoms with Crippen molar-refractivity contribution >= 4 is 5.91 Å². The molecular formula is C21H23N3O. The van der Waals surface area contributed by atoms with E-state index < -0.39 is 0 Å². The third-order valence-corrected chi connectivity index (χ3v) is 4.10. The molecule has 25 heavy (non-hydrogen) atoms. The summed E-state index contributed by atoms with van der Waals surface area (Å²) in [6, 6.07) is 20.5. The van der Waals surface area contributed by atoms with Gasteiger partial charge in [-0.05, 0) is 30.4 Å². The summed E-state index contributed by atoms with van der Waals surface area (Å²) in [5.74, 6) is -0.0565. The summed E-state index contributed by atoms with van der Waals surface area (Å²) in [6.07, 6.45) is 6.51. The molecular weight excluding hydrogens is 310 g/mol. The third-order valence-electron chi connectivity index (χ3n) is 4.10. The number of aryl methyl sites for hydroxylation is 1. The lowest BCUT2D eigenvalue weighted by atomic mass is 10.1. The molecule has 4 heteroatoms. The molecule has 3 rings (SSSR count). The highest BCUT2D eigenvalue weighted by atomic mass is 16.1. The SMILES string of the molecule is O=C(NCCCCc1ccccc1)c1cnn(Cc2ccccc2)c1. The van der Waals surface area contributed by atoms with E-state index in [9.17, 15) is 4.79 Å². The Kier molecular flexibility index (Phi) is 5.99. The second-order valence-electron chi connectivity index (χ2n) is 6.11. The number of nitrogens with zero attached hydrogens (tertiary/aromatic N) is 2. The van der Waals surface area contributed by atoms with Crippen LogP contribution in [0.15, 0.2) is 73.1 Å². The van der Waals surface area contributed by atoms with E-state index in [4.69, 9.17) is 0 Å². The van der Waals surface area contributed by atoms with Crippen LogP contribution in [-0.2, 0) is 13.0 Å².